The average Bonchev–Trinajstić information content (AvgIpc) is 3.16. The van der Waals surface area contributed by atoms with Crippen LogP contribution in [0.5, 0.6) is 0 Å². The molecule has 0 amide bonds. The highest BCUT2D eigenvalue weighted by Crippen LogP contribution is 2.35. The number of aromatic nitrogens is 3. The minimum atomic E-state index is -0.301. The zero-order valence-electron chi connectivity index (χ0n) is 18.5. The Morgan fingerprint density at radius 2 is 2.06 bits per heavy atom. The van der Waals surface area contributed by atoms with E-state index < -0.39 is 0 Å². The first-order valence-electron chi connectivity index (χ1n) is 10.6. The summed E-state index contributed by atoms with van der Waals surface area (Å²) in [6, 6.07) is 11.7. The van der Waals surface area contributed by atoms with Crippen molar-refractivity contribution in [3.05, 3.63) is 76.0 Å². The summed E-state index contributed by atoms with van der Waals surface area (Å²) in [6.45, 7) is 0.901. The van der Waals surface area contributed by atoms with Crippen LogP contribution in [0.25, 0.3) is 5.69 Å². The van der Waals surface area contributed by atoms with Crippen molar-refractivity contribution in [3.8, 4) is 5.69 Å². The molecule has 3 heterocycles. The maximum Gasteiger partial charge on any atom is 0.305 e. The standard InChI is InChI=1S/C24H26BrN5O2/c1-29(2)13-11-17-15-27-24-20(8-10-22(31)32-3)28-23(19-6-4-5-12-26-19)18-14-16(25)7-9-21(18)30(17)24/h4-7,9,12,14-15,20H,8,10-11,13H2,1-3H3. The number of pyridine rings is 1. The predicted octanol–water partition coefficient (Wildman–Crippen LogP) is 3.98. The summed E-state index contributed by atoms with van der Waals surface area (Å²) in [5.41, 5.74) is 4.68. The lowest BCUT2D eigenvalue weighted by Gasteiger charge is -2.17. The number of imidazole rings is 1. The second-order valence-corrected chi connectivity index (χ2v) is 8.90. The smallest absolute Gasteiger partial charge is 0.305 e. The lowest BCUT2D eigenvalue weighted by molar-refractivity contribution is -0.140. The fourth-order valence-corrected chi connectivity index (χ4v) is 4.23. The number of rotatable bonds is 7. The first kappa shape index (κ1) is 22.4. The van der Waals surface area contributed by atoms with Gasteiger partial charge in [-0.15, -0.1) is 0 Å². The van der Waals surface area contributed by atoms with Gasteiger partial charge in [0.25, 0.3) is 0 Å². The van der Waals surface area contributed by atoms with E-state index >= 15 is 0 Å². The van der Waals surface area contributed by atoms with Gasteiger partial charge in [-0.1, -0.05) is 22.0 Å². The van der Waals surface area contributed by atoms with Crippen LogP contribution in [0.4, 0.5) is 0 Å². The Bertz CT molecular complexity index is 1140. The zero-order valence-corrected chi connectivity index (χ0v) is 20.0. The van der Waals surface area contributed by atoms with E-state index in [1.807, 2.05) is 30.5 Å². The molecule has 1 aromatic carbocycles. The summed E-state index contributed by atoms with van der Waals surface area (Å²) in [5, 5.41) is 0. The predicted molar refractivity (Wildman–Crippen MR) is 127 cm³/mol. The third-order valence-corrected chi connectivity index (χ3v) is 5.97. The van der Waals surface area contributed by atoms with Gasteiger partial charge in [0.15, 0.2) is 0 Å². The van der Waals surface area contributed by atoms with Crippen LogP contribution in [0.1, 0.15) is 41.7 Å². The van der Waals surface area contributed by atoms with Crippen molar-refractivity contribution in [1.29, 1.82) is 0 Å². The molecule has 1 aliphatic heterocycles. The molecule has 2 aromatic heterocycles. The zero-order chi connectivity index (χ0) is 22.7. The van der Waals surface area contributed by atoms with E-state index in [4.69, 9.17) is 14.7 Å². The van der Waals surface area contributed by atoms with Crippen LogP contribution < -0.4 is 0 Å². The number of esters is 1. The Morgan fingerprint density at radius 3 is 2.78 bits per heavy atom. The third-order valence-electron chi connectivity index (χ3n) is 5.47. The van der Waals surface area contributed by atoms with Crippen LogP contribution in [0.2, 0.25) is 0 Å². The maximum absolute atomic E-state index is 11.9. The number of hydrogen-bond donors (Lipinski definition) is 0. The van der Waals surface area contributed by atoms with Gasteiger partial charge in [-0.2, -0.15) is 0 Å². The molecule has 1 atom stereocenters. The molecule has 3 aromatic rings. The van der Waals surface area contributed by atoms with Crippen LogP contribution in [-0.4, -0.2) is 58.9 Å². The van der Waals surface area contributed by atoms with Crippen LogP contribution >= 0.6 is 15.9 Å². The molecule has 8 heteroatoms. The number of likely N-dealkylation sites (N-methyl/N-ethyl adjacent to an activating group) is 1. The molecule has 0 saturated carbocycles. The monoisotopic (exact) mass is 495 g/mol. The van der Waals surface area contributed by atoms with Crippen LogP contribution in [0.3, 0.4) is 0 Å². The molecule has 32 heavy (non-hydrogen) atoms. The lowest BCUT2D eigenvalue weighted by Crippen LogP contribution is -2.17. The van der Waals surface area contributed by atoms with Crippen LogP contribution in [-0.2, 0) is 16.0 Å². The topological polar surface area (TPSA) is 72.6 Å². The number of nitrogens with zero attached hydrogens (tertiary/aromatic N) is 5. The largest absolute Gasteiger partial charge is 0.469 e. The number of carbonyl (C=O) groups is 1. The van der Waals surface area contributed by atoms with Gasteiger partial charge in [0, 0.05) is 47.5 Å². The number of hydrogen-bond acceptors (Lipinski definition) is 6. The molecule has 0 radical (unpaired) electrons. The van der Waals surface area contributed by atoms with Gasteiger partial charge in [0.2, 0.25) is 0 Å². The summed E-state index contributed by atoms with van der Waals surface area (Å²) < 4.78 is 8.04. The third kappa shape index (κ3) is 4.66. The number of methoxy groups -OCH3 is 1. The Morgan fingerprint density at radius 1 is 1.22 bits per heavy atom. The first-order chi connectivity index (χ1) is 15.5. The number of carbonyl (C=O) groups excluding carboxylic acids is 1. The minimum Gasteiger partial charge on any atom is -0.469 e. The molecule has 1 aliphatic rings. The molecule has 0 bridgehead atoms. The molecule has 166 valence electrons. The highest BCUT2D eigenvalue weighted by Gasteiger charge is 2.29. The van der Waals surface area contributed by atoms with Gasteiger partial charge in [0.1, 0.15) is 11.9 Å². The quantitative estimate of drug-likeness (QED) is 0.463. The van der Waals surface area contributed by atoms with Crippen molar-refractivity contribution < 1.29 is 9.53 Å². The highest BCUT2D eigenvalue weighted by atomic mass is 79.9. The van der Waals surface area contributed by atoms with Crippen LogP contribution in [0, 0.1) is 0 Å². The van der Waals surface area contributed by atoms with E-state index in [1.54, 1.807) is 6.20 Å². The van der Waals surface area contributed by atoms with Gasteiger partial charge < -0.3 is 9.64 Å². The number of aliphatic imine (C=N–C) groups is 1. The van der Waals surface area contributed by atoms with E-state index in [0.29, 0.717) is 6.42 Å². The fraction of sp³-hybridized carbons (Fsp3) is 0.333. The molecule has 0 saturated heterocycles. The van der Waals surface area contributed by atoms with Crippen molar-refractivity contribution >= 4 is 27.6 Å². The second kappa shape index (κ2) is 9.75. The fourth-order valence-electron chi connectivity index (χ4n) is 3.86. The Hall–Kier alpha value is -2.84. The molecular formula is C24H26BrN5O2. The Labute approximate surface area is 196 Å². The number of benzene rings is 1. The molecule has 0 aliphatic carbocycles. The van der Waals surface area contributed by atoms with Gasteiger partial charge in [-0.3, -0.25) is 19.3 Å². The molecule has 0 fully saturated rings. The number of ether oxygens (including phenoxy) is 1. The van der Waals surface area contributed by atoms with E-state index in [2.05, 4.69) is 56.6 Å². The molecule has 1 unspecified atom stereocenters. The Balaban J connectivity index is 1.90. The van der Waals surface area contributed by atoms with Crippen molar-refractivity contribution in [3.63, 3.8) is 0 Å². The molecular weight excluding hydrogens is 470 g/mol. The summed E-state index contributed by atoms with van der Waals surface area (Å²) in [7, 11) is 5.53. The van der Waals surface area contributed by atoms with Gasteiger partial charge in [-0.25, -0.2) is 4.98 Å². The maximum atomic E-state index is 11.9. The van der Waals surface area contributed by atoms with Crippen molar-refractivity contribution in [2.45, 2.75) is 25.3 Å². The van der Waals surface area contributed by atoms with E-state index in [9.17, 15) is 4.79 Å². The van der Waals surface area contributed by atoms with E-state index in [1.165, 1.54) is 7.11 Å². The van der Waals surface area contributed by atoms with Crippen molar-refractivity contribution in [1.82, 2.24) is 19.4 Å². The molecule has 4 rings (SSSR count). The summed E-state index contributed by atoms with van der Waals surface area (Å²) in [6.07, 6.45) is 5.31. The lowest BCUT2D eigenvalue weighted by atomic mass is 10.0. The number of halogens is 1. The normalized spacial score (nSPS) is 15.0. The van der Waals surface area contributed by atoms with Gasteiger partial charge in [0.05, 0.1) is 24.2 Å². The van der Waals surface area contributed by atoms with E-state index in [-0.39, 0.29) is 18.4 Å². The van der Waals surface area contributed by atoms with Crippen molar-refractivity contribution in [2.24, 2.45) is 4.99 Å². The first-order valence-corrected chi connectivity index (χ1v) is 11.3. The SMILES string of the molecule is COC(=O)CCC1N=C(c2ccccn2)c2cc(Br)ccc2-n2c(CCN(C)C)cnc21. The molecule has 7 nitrogen and oxygen atoms in total. The van der Waals surface area contributed by atoms with Gasteiger partial charge in [-0.05, 0) is 50.8 Å². The molecule has 0 spiro atoms. The van der Waals surface area contributed by atoms with Crippen molar-refractivity contribution in [2.75, 3.05) is 27.7 Å². The average molecular weight is 496 g/mol. The van der Waals surface area contributed by atoms with Crippen LogP contribution in [0.15, 0.2) is 58.3 Å². The highest BCUT2D eigenvalue weighted by molar-refractivity contribution is 9.10. The summed E-state index contributed by atoms with van der Waals surface area (Å²) in [4.78, 5) is 28.6. The number of fused-ring (bicyclic) bond motifs is 3. The minimum absolute atomic E-state index is 0.255. The Kier molecular flexibility index (Phi) is 6.81. The van der Waals surface area contributed by atoms with E-state index in [0.717, 1.165) is 51.6 Å². The second-order valence-electron chi connectivity index (χ2n) is 7.98. The van der Waals surface area contributed by atoms with Gasteiger partial charge >= 0.3 is 5.97 Å². The molecule has 0 N–H and O–H groups in total. The summed E-state index contributed by atoms with van der Waals surface area (Å²) in [5.74, 6) is 0.576. The summed E-state index contributed by atoms with van der Waals surface area (Å²) >= 11 is 3.62.